The number of rotatable bonds is 5. The Balaban J connectivity index is 2.32. The number of thiophene rings is 1. The Morgan fingerprint density at radius 1 is 1.28 bits per heavy atom. The zero-order chi connectivity index (χ0) is 13.0. The third-order valence-electron chi connectivity index (χ3n) is 2.70. The van der Waals surface area contributed by atoms with E-state index in [2.05, 4.69) is 24.4 Å². The normalized spacial score (nSPS) is 10.6. The topological polar surface area (TPSA) is 21.3 Å². The first kappa shape index (κ1) is 13.4. The Kier molecular flexibility index (Phi) is 4.64. The van der Waals surface area contributed by atoms with Crippen LogP contribution in [0.2, 0.25) is 4.34 Å². The second kappa shape index (κ2) is 6.23. The highest BCUT2D eigenvalue weighted by molar-refractivity contribution is 7.19. The predicted molar refractivity (Wildman–Crippen MR) is 78.7 cm³/mol. The van der Waals surface area contributed by atoms with E-state index in [1.807, 2.05) is 18.2 Å². The predicted octanol–water partition coefficient (Wildman–Crippen LogP) is 4.19. The molecule has 0 saturated heterocycles. The van der Waals surface area contributed by atoms with Gasteiger partial charge in [-0.3, -0.25) is 0 Å². The summed E-state index contributed by atoms with van der Waals surface area (Å²) in [5.74, 6) is 0.919. The molecule has 0 aliphatic carbocycles. The van der Waals surface area contributed by atoms with E-state index in [9.17, 15) is 0 Å². The van der Waals surface area contributed by atoms with Gasteiger partial charge in [0.05, 0.1) is 11.4 Å². The third-order valence-corrected chi connectivity index (χ3v) is 3.98. The fraction of sp³-hybridized carbons (Fsp3) is 0.286. The van der Waals surface area contributed by atoms with Crippen LogP contribution in [-0.4, -0.2) is 13.7 Å². The molecule has 1 heterocycles. The lowest BCUT2D eigenvalue weighted by Crippen LogP contribution is -2.12. The molecule has 0 unspecified atom stereocenters. The molecule has 0 fully saturated rings. The lowest BCUT2D eigenvalue weighted by atomic mass is 10.1. The van der Waals surface area contributed by atoms with Crippen LogP contribution in [0, 0.1) is 0 Å². The van der Waals surface area contributed by atoms with Crippen molar-refractivity contribution in [2.45, 2.75) is 13.5 Å². The van der Waals surface area contributed by atoms with Crippen molar-refractivity contribution in [1.29, 1.82) is 0 Å². The van der Waals surface area contributed by atoms with E-state index < -0.39 is 0 Å². The van der Waals surface area contributed by atoms with Crippen molar-refractivity contribution >= 4 is 22.9 Å². The van der Waals surface area contributed by atoms with Gasteiger partial charge in [-0.25, -0.2) is 0 Å². The van der Waals surface area contributed by atoms with Crippen molar-refractivity contribution < 1.29 is 4.74 Å². The first-order chi connectivity index (χ1) is 8.74. The number of methoxy groups -OCH3 is 1. The van der Waals surface area contributed by atoms with Crippen LogP contribution in [0.5, 0.6) is 5.75 Å². The molecule has 0 aliphatic heterocycles. The molecular weight excluding hydrogens is 266 g/mol. The molecule has 1 aromatic heterocycles. The van der Waals surface area contributed by atoms with Crippen LogP contribution < -0.4 is 10.1 Å². The molecule has 4 heteroatoms. The molecule has 18 heavy (non-hydrogen) atoms. The molecule has 0 radical (unpaired) electrons. The highest BCUT2D eigenvalue weighted by atomic mass is 35.5. The van der Waals surface area contributed by atoms with Crippen LogP contribution in [0.1, 0.15) is 12.5 Å². The second-order valence-electron chi connectivity index (χ2n) is 3.91. The van der Waals surface area contributed by atoms with Crippen LogP contribution in [0.25, 0.3) is 10.4 Å². The summed E-state index contributed by atoms with van der Waals surface area (Å²) in [6.45, 7) is 3.85. The molecule has 0 spiro atoms. The molecular formula is C14H16ClNOS. The summed E-state index contributed by atoms with van der Waals surface area (Å²) >= 11 is 7.56. The number of halogens is 1. The van der Waals surface area contributed by atoms with Gasteiger partial charge in [-0.1, -0.05) is 18.5 Å². The van der Waals surface area contributed by atoms with Gasteiger partial charge in [0, 0.05) is 17.0 Å². The van der Waals surface area contributed by atoms with Crippen molar-refractivity contribution in [2.75, 3.05) is 13.7 Å². The fourth-order valence-electron chi connectivity index (χ4n) is 1.80. The molecule has 0 amide bonds. The van der Waals surface area contributed by atoms with Crippen molar-refractivity contribution in [3.63, 3.8) is 0 Å². The number of nitrogens with one attached hydrogen (secondary N) is 1. The SMILES string of the molecule is CCNCc1cc(-c2ccc(Cl)s2)ccc1OC. The van der Waals surface area contributed by atoms with Gasteiger partial charge in [0.15, 0.2) is 0 Å². The molecule has 2 aromatic rings. The Morgan fingerprint density at radius 3 is 2.72 bits per heavy atom. The second-order valence-corrected chi connectivity index (χ2v) is 5.63. The van der Waals surface area contributed by atoms with Crippen LogP contribution in [0.15, 0.2) is 30.3 Å². The molecule has 0 aliphatic rings. The number of ether oxygens (including phenoxy) is 1. The quantitative estimate of drug-likeness (QED) is 0.887. The summed E-state index contributed by atoms with van der Waals surface area (Å²) in [5, 5.41) is 3.32. The number of benzene rings is 1. The summed E-state index contributed by atoms with van der Waals surface area (Å²) in [4.78, 5) is 1.18. The average molecular weight is 282 g/mol. The van der Waals surface area contributed by atoms with Gasteiger partial charge in [-0.05, 0) is 42.4 Å². The van der Waals surface area contributed by atoms with Gasteiger partial charge < -0.3 is 10.1 Å². The van der Waals surface area contributed by atoms with Gasteiger partial charge in [0.2, 0.25) is 0 Å². The molecule has 1 N–H and O–H groups in total. The fourth-order valence-corrected chi connectivity index (χ4v) is 2.84. The van der Waals surface area contributed by atoms with E-state index >= 15 is 0 Å². The summed E-state index contributed by atoms with van der Waals surface area (Å²) < 4.78 is 6.19. The van der Waals surface area contributed by atoms with Gasteiger partial charge in [-0.2, -0.15) is 0 Å². The van der Waals surface area contributed by atoms with Gasteiger partial charge in [-0.15, -0.1) is 11.3 Å². The Hall–Kier alpha value is -1.03. The lowest BCUT2D eigenvalue weighted by Gasteiger charge is -2.10. The van der Waals surface area contributed by atoms with E-state index in [1.54, 1.807) is 18.4 Å². The Bertz CT molecular complexity index is 524. The first-order valence-corrected chi connectivity index (χ1v) is 7.07. The van der Waals surface area contributed by atoms with Crippen LogP contribution in [-0.2, 0) is 6.54 Å². The molecule has 0 saturated carbocycles. The maximum absolute atomic E-state index is 5.97. The van der Waals surface area contributed by atoms with Gasteiger partial charge >= 0.3 is 0 Å². The highest BCUT2D eigenvalue weighted by Crippen LogP contribution is 2.33. The van der Waals surface area contributed by atoms with Crippen LogP contribution in [0.3, 0.4) is 0 Å². The van der Waals surface area contributed by atoms with Crippen LogP contribution in [0.4, 0.5) is 0 Å². The lowest BCUT2D eigenvalue weighted by molar-refractivity contribution is 0.408. The number of hydrogen-bond acceptors (Lipinski definition) is 3. The zero-order valence-corrected chi connectivity index (χ0v) is 12.1. The number of hydrogen-bond donors (Lipinski definition) is 1. The van der Waals surface area contributed by atoms with E-state index in [1.165, 1.54) is 16.0 Å². The van der Waals surface area contributed by atoms with E-state index in [4.69, 9.17) is 16.3 Å². The smallest absolute Gasteiger partial charge is 0.123 e. The Morgan fingerprint density at radius 2 is 2.11 bits per heavy atom. The van der Waals surface area contributed by atoms with Gasteiger partial charge in [0.25, 0.3) is 0 Å². The summed E-state index contributed by atoms with van der Waals surface area (Å²) in [6.07, 6.45) is 0. The summed E-state index contributed by atoms with van der Waals surface area (Å²) in [7, 11) is 1.70. The first-order valence-electron chi connectivity index (χ1n) is 5.88. The highest BCUT2D eigenvalue weighted by Gasteiger charge is 2.07. The van der Waals surface area contributed by atoms with E-state index in [0.717, 1.165) is 23.2 Å². The molecule has 2 rings (SSSR count). The third kappa shape index (κ3) is 3.05. The van der Waals surface area contributed by atoms with Crippen molar-refractivity contribution in [2.24, 2.45) is 0 Å². The van der Waals surface area contributed by atoms with E-state index in [-0.39, 0.29) is 0 Å². The van der Waals surface area contributed by atoms with Crippen molar-refractivity contribution in [3.8, 4) is 16.2 Å². The molecule has 96 valence electrons. The maximum Gasteiger partial charge on any atom is 0.123 e. The van der Waals surface area contributed by atoms with Gasteiger partial charge in [0.1, 0.15) is 5.75 Å². The van der Waals surface area contributed by atoms with Crippen molar-refractivity contribution in [1.82, 2.24) is 5.32 Å². The van der Waals surface area contributed by atoms with Crippen molar-refractivity contribution in [3.05, 3.63) is 40.2 Å². The maximum atomic E-state index is 5.97. The summed E-state index contributed by atoms with van der Waals surface area (Å²) in [5.41, 5.74) is 2.35. The Labute approximate surface area is 117 Å². The molecule has 0 bridgehead atoms. The minimum atomic E-state index is 0.812. The summed E-state index contributed by atoms with van der Waals surface area (Å²) in [6, 6.07) is 10.2. The minimum absolute atomic E-state index is 0.812. The standard InChI is InChI=1S/C14H16ClNOS/c1-3-16-9-11-8-10(4-5-12(11)17-2)13-6-7-14(15)18-13/h4-8,16H,3,9H2,1-2H3. The van der Waals surface area contributed by atoms with Crippen LogP contribution >= 0.6 is 22.9 Å². The molecule has 0 atom stereocenters. The minimum Gasteiger partial charge on any atom is -0.496 e. The largest absolute Gasteiger partial charge is 0.496 e. The van der Waals surface area contributed by atoms with E-state index in [0.29, 0.717) is 0 Å². The average Bonchev–Trinajstić information content (AvgIpc) is 2.82. The monoisotopic (exact) mass is 281 g/mol. The zero-order valence-electron chi connectivity index (χ0n) is 10.5. The molecule has 1 aromatic carbocycles. The molecule has 2 nitrogen and oxygen atoms in total.